The van der Waals surface area contributed by atoms with Crippen molar-refractivity contribution >= 4 is 11.8 Å². The van der Waals surface area contributed by atoms with Gasteiger partial charge in [0.15, 0.2) is 0 Å². The minimum atomic E-state index is 0.0690. The van der Waals surface area contributed by atoms with Crippen LogP contribution in [0.15, 0.2) is 30.3 Å². The fourth-order valence-corrected chi connectivity index (χ4v) is 4.86. The van der Waals surface area contributed by atoms with E-state index in [4.69, 9.17) is 5.73 Å². The van der Waals surface area contributed by atoms with E-state index in [-0.39, 0.29) is 23.8 Å². The van der Waals surface area contributed by atoms with Crippen LogP contribution in [0.1, 0.15) is 69.8 Å². The zero-order valence-electron chi connectivity index (χ0n) is 17.7. The average Bonchev–Trinajstić information content (AvgIpc) is 3.25. The van der Waals surface area contributed by atoms with Crippen LogP contribution in [-0.4, -0.2) is 35.8 Å². The molecule has 2 fully saturated rings. The second-order valence-electron chi connectivity index (χ2n) is 8.86. The number of rotatable bonds is 9. The number of amides is 2. The fraction of sp³-hybridized carbons (Fsp3) is 0.667. The predicted molar refractivity (Wildman–Crippen MR) is 116 cm³/mol. The van der Waals surface area contributed by atoms with Gasteiger partial charge in [-0.3, -0.25) is 9.59 Å². The van der Waals surface area contributed by atoms with Crippen molar-refractivity contribution in [1.29, 1.82) is 0 Å². The first kappa shape index (κ1) is 21.8. The highest BCUT2D eigenvalue weighted by atomic mass is 16.2. The van der Waals surface area contributed by atoms with E-state index < -0.39 is 0 Å². The number of carbonyl (C=O) groups excluding carboxylic acids is 2. The van der Waals surface area contributed by atoms with Crippen molar-refractivity contribution in [2.45, 2.75) is 76.8 Å². The van der Waals surface area contributed by atoms with Gasteiger partial charge in [-0.2, -0.15) is 0 Å². The number of carbonyl (C=O) groups is 2. The van der Waals surface area contributed by atoms with E-state index in [1.807, 2.05) is 23.1 Å². The summed E-state index contributed by atoms with van der Waals surface area (Å²) in [4.78, 5) is 27.5. The lowest BCUT2D eigenvalue weighted by atomic mass is 9.84. The first-order valence-corrected chi connectivity index (χ1v) is 11.5. The van der Waals surface area contributed by atoms with Crippen LogP contribution in [0.3, 0.4) is 0 Å². The molecule has 1 aromatic rings. The molecule has 2 aliphatic carbocycles. The molecule has 29 heavy (non-hydrogen) atoms. The smallest absolute Gasteiger partial charge is 0.225 e. The molecule has 0 unspecified atom stereocenters. The van der Waals surface area contributed by atoms with Gasteiger partial charge in [0.2, 0.25) is 11.8 Å². The lowest BCUT2D eigenvalue weighted by molar-refractivity contribution is -0.137. The van der Waals surface area contributed by atoms with Crippen LogP contribution >= 0.6 is 0 Å². The van der Waals surface area contributed by atoms with Crippen LogP contribution < -0.4 is 11.1 Å². The van der Waals surface area contributed by atoms with Crippen LogP contribution in [0.25, 0.3) is 0 Å². The summed E-state index contributed by atoms with van der Waals surface area (Å²) in [5, 5.41) is 3.23. The van der Waals surface area contributed by atoms with E-state index in [1.54, 1.807) is 0 Å². The Bertz CT molecular complexity index is 635. The standard InChI is InChI=1S/C24H37N3O2/c25-15-6-16-27(18-20-9-2-1-3-10-20)24(29)21-11-13-22(14-12-21)26-23(28)17-19-7-4-5-8-19/h1-3,9-10,19,21-22H,4-8,11-18,25H2,(H,26,28). The van der Waals surface area contributed by atoms with Crippen molar-refractivity contribution in [3.05, 3.63) is 35.9 Å². The van der Waals surface area contributed by atoms with Crippen molar-refractivity contribution in [2.24, 2.45) is 17.6 Å². The van der Waals surface area contributed by atoms with Gasteiger partial charge >= 0.3 is 0 Å². The van der Waals surface area contributed by atoms with Crippen LogP contribution in [0, 0.1) is 11.8 Å². The van der Waals surface area contributed by atoms with Crippen molar-refractivity contribution in [2.75, 3.05) is 13.1 Å². The Balaban J connectivity index is 1.46. The highest BCUT2D eigenvalue weighted by molar-refractivity contribution is 5.79. The molecule has 0 radical (unpaired) electrons. The number of nitrogens with one attached hydrogen (secondary N) is 1. The third-order valence-electron chi connectivity index (χ3n) is 6.55. The molecule has 5 heteroatoms. The topological polar surface area (TPSA) is 75.4 Å². The minimum absolute atomic E-state index is 0.0690. The Hall–Kier alpha value is -1.88. The van der Waals surface area contributed by atoms with Crippen molar-refractivity contribution in [3.8, 4) is 0 Å². The maximum atomic E-state index is 13.2. The molecular formula is C24H37N3O2. The molecule has 160 valence electrons. The molecule has 3 rings (SSSR count). The van der Waals surface area contributed by atoms with Gasteiger partial charge in [0.1, 0.15) is 0 Å². The summed E-state index contributed by atoms with van der Waals surface area (Å²) in [5.74, 6) is 1.11. The van der Waals surface area contributed by atoms with E-state index in [0.717, 1.165) is 37.7 Å². The SMILES string of the molecule is NCCCN(Cc1ccccc1)C(=O)C1CCC(NC(=O)CC2CCCC2)CC1. The van der Waals surface area contributed by atoms with Crippen LogP contribution in [0.4, 0.5) is 0 Å². The Morgan fingerprint density at radius 3 is 2.34 bits per heavy atom. The maximum absolute atomic E-state index is 13.2. The van der Waals surface area contributed by atoms with Gasteiger partial charge in [-0.05, 0) is 63.0 Å². The number of hydrogen-bond acceptors (Lipinski definition) is 3. The van der Waals surface area contributed by atoms with E-state index in [1.165, 1.54) is 25.7 Å². The van der Waals surface area contributed by atoms with E-state index in [0.29, 0.717) is 32.0 Å². The van der Waals surface area contributed by atoms with E-state index in [2.05, 4.69) is 17.4 Å². The Labute approximate surface area is 175 Å². The summed E-state index contributed by atoms with van der Waals surface area (Å²) >= 11 is 0. The normalized spacial score (nSPS) is 22.4. The van der Waals surface area contributed by atoms with Gasteiger partial charge in [0.05, 0.1) is 0 Å². The molecule has 2 aliphatic rings. The lowest BCUT2D eigenvalue weighted by Gasteiger charge is -2.33. The molecule has 3 N–H and O–H groups in total. The Morgan fingerprint density at radius 2 is 1.69 bits per heavy atom. The summed E-state index contributed by atoms with van der Waals surface area (Å²) in [6, 6.07) is 10.4. The zero-order valence-corrected chi connectivity index (χ0v) is 17.7. The number of nitrogens with two attached hydrogens (primary N) is 1. The summed E-state index contributed by atoms with van der Waals surface area (Å²) in [6.45, 7) is 1.96. The maximum Gasteiger partial charge on any atom is 0.225 e. The highest BCUT2D eigenvalue weighted by Gasteiger charge is 2.30. The quantitative estimate of drug-likeness (QED) is 0.666. The third kappa shape index (κ3) is 6.84. The second kappa shape index (κ2) is 11.3. The van der Waals surface area contributed by atoms with Crippen LogP contribution in [0.5, 0.6) is 0 Å². The van der Waals surface area contributed by atoms with Gasteiger partial charge in [-0.25, -0.2) is 0 Å². The molecule has 0 aromatic heterocycles. The van der Waals surface area contributed by atoms with Crippen molar-refractivity contribution < 1.29 is 9.59 Å². The molecule has 2 amide bonds. The number of hydrogen-bond donors (Lipinski definition) is 2. The molecule has 2 saturated carbocycles. The molecule has 0 atom stereocenters. The van der Waals surface area contributed by atoms with Gasteiger partial charge in [-0.1, -0.05) is 43.2 Å². The Kier molecular flexibility index (Phi) is 8.53. The zero-order chi connectivity index (χ0) is 20.5. The molecular weight excluding hydrogens is 362 g/mol. The first-order chi connectivity index (χ1) is 14.2. The third-order valence-corrected chi connectivity index (χ3v) is 6.55. The first-order valence-electron chi connectivity index (χ1n) is 11.5. The lowest BCUT2D eigenvalue weighted by Crippen LogP contribution is -2.42. The average molecular weight is 400 g/mol. The molecule has 0 bridgehead atoms. The van der Waals surface area contributed by atoms with E-state index >= 15 is 0 Å². The van der Waals surface area contributed by atoms with Gasteiger partial charge in [-0.15, -0.1) is 0 Å². The fourth-order valence-electron chi connectivity index (χ4n) is 4.86. The summed E-state index contributed by atoms with van der Waals surface area (Å²) < 4.78 is 0. The largest absolute Gasteiger partial charge is 0.353 e. The summed E-state index contributed by atoms with van der Waals surface area (Å²) in [7, 11) is 0. The number of benzene rings is 1. The van der Waals surface area contributed by atoms with Crippen molar-refractivity contribution in [1.82, 2.24) is 10.2 Å². The second-order valence-corrected chi connectivity index (χ2v) is 8.86. The van der Waals surface area contributed by atoms with Gasteiger partial charge in [0.25, 0.3) is 0 Å². The van der Waals surface area contributed by atoms with Gasteiger partial charge in [0, 0.05) is 31.5 Å². The molecule has 5 nitrogen and oxygen atoms in total. The summed E-state index contributed by atoms with van der Waals surface area (Å²) in [5.41, 5.74) is 6.85. The number of nitrogens with zero attached hydrogens (tertiary/aromatic N) is 1. The van der Waals surface area contributed by atoms with E-state index in [9.17, 15) is 9.59 Å². The van der Waals surface area contributed by atoms with Crippen molar-refractivity contribution in [3.63, 3.8) is 0 Å². The minimum Gasteiger partial charge on any atom is -0.353 e. The Morgan fingerprint density at radius 1 is 1.00 bits per heavy atom. The predicted octanol–water partition coefficient (Wildman–Crippen LogP) is 3.62. The van der Waals surface area contributed by atoms with Crippen LogP contribution in [0.2, 0.25) is 0 Å². The summed E-state index contributed by atoms with van der Waals surface area (Å²) in [6.07, 6.45) is 10.00. The van der Waals surface area contributed by atoms with Gasteiger partial charge < -0.3 is 16.0 Å². The molecule has 0 saturated heterocycles. The monoisotopic (exact) mass is 399 g/mol. The molecule has 1 aromatic carbocycles. The molecule has 0 aliphatic heterocycles. The molecule has 0 heterocycles. The highest BCUT2D eigenvalue weighted by Crippen LogP contribution is 2.29. The molecule has 0 spiro atoms. The van der Waals surface area contributed by atoms with Crippen LogP contribution in [-0.2, 0) is 16.1 Å².